The van der Waals surface area contributed by atoms with Crippen molar-refractivity contribution in [3.8, 4) is 5.75 Å². The van der Waals surface area contributed by atoms with Crippen LogP contribution in [0.1, 0.15) is 27.2 Å². The number of nitrogens with zero attached hydrogens (tertiary/aromatic N) is 2. The Bertz CT molecular complexity index is 1100. The largest absolute Gasteiger partial charge is 0.492 e. The number of aromatic nitrogens is 1. The number of pyridine rings is 1. The number of fused-ring (bicyclic) bond motifs is 1. The van der Waals surface area contributed by atoms with Crippen molar-refractivity contribution in [1.82, 2.24) is 9.88 Å². The minimum Gasteiger partial charge on any atom is -0.492 e. The topological polar surface area (TPSA) is 51.7 Å². The number of carbonyl (C=O) groups is 1. The van der Waals surface area contributed by atoms with Crippen LogP contribution in [0.5, 0.6) is 5.75 Å². The molecule has 0 N–H and O–H groups in total. The third-order valence-electron chi connectivity index (χ3n) is 5.75. The fraction of sp³-hybridized carbons (Fsp3) is 0.231. The lowest BCUT2D eigenvalue weighted by atomic mass is 9.96. The van der Waals surface area contributed by atoms with E-state index in [0.717, 1.165) is 55.3 Å². The number of Topliss-reactive ketones (excluding diaryl/α,β-unsaturated/α-hetero) is 1. The van der Waals surface area contributed by atoms with Gasteiger partial charge in [0.15, 0.2) is 5.78 Å². The van der Waals surface area contributed by atoms with E-state index in [1.807, 2.05) is 66.7 Å². The van der Waals surface area contributed by atoms with Crippen LogP contribution in [-0.2, 0) is 4.74 Å². The van der Waals surface area contributed by atoms with Crippen LogP contribution in [-0.4, -0.2) is 55.1 Å². The molecule has 0 unspecified atom stereocenters. The van der Waals surface area contributed by atoms with Crippen molar-refractivity contribution in [1.29, 1.82) is 0 Å². The van der Waals surface area contributed by atoms with E-state index in [1.165, 1.54) is 0 Å². The van der Waals surface area contributed by atoms with Crippen LogP contribution < -0.4 is 4.74 Å². The fourth-order valence-electron chi connectivity index (χ4n) is 4.18. The van der Waals surface area contributed by atoms with E-state index in [4.69, 9.17) is 9.47 Å². The van der Waals surface area contributed by atoms with Crippen molar-refractivity contribution in [3.63, 3.8) is 0 Å². The number of benzene rings is 2. The number of ketones is 1. The molecule has 3 aromatic rings. The van der Waals surface area contributed by atoms with E-state index < -0.39 is 0 Å². The summed E-state index contributed by atoms with van der Waals surface area (Å²) < 4.78 is 11.4. The maximum Gasteiger partial charge on any atom is 0.196 e. The van der Waals surface area contributed by atoms with E-state index in [1.54, 1.807) is 6.20 Å². The van der Waals surface area contributed by atoms with Gasteiger partial charge in [0.1, 0.15) is 12.4 Å². The number of allylic oxidation sites excluding steroid dienone is 1. The molecule has 1 saturated heterocycles. The molecule has 0 bridgehead atoms. The number of hydrogen-bond donors (Lipinski definition) is 0. The van der Waals surface area contributed by atoms with Crippen molar-refractivity contribution in [3.05, 3.63) is 95.3 Å². The molecule has 5 rings (SSSR count). The van der Waals surface area contributed by atoms with Gasteiger partial charge in [0, 0.05) is 37.0 Å². The molecule has 5 nitrogen and oxygen atoms in total. The first-order chi connectivity index (χ1) is 15.3. The highest BCUT2D eigenvalue weighted by molar-refractivity contribution is 6.41. The molecule has 2 aliphatic rings. The smallest absolute Gasteiger partial charge is 0.196 e. The van der Waals surface area contributed by atoms with Crippen LogP contribution in [0.2, 0.25) is 0 Å². The molecule has 1 aromatic heterocycles. The van der Waals surface area contributed by atoms with Gasteiger partial charge in [0.25, 0.3) is 0 Å². The minimum absolute atomic E-state index is 0.00816. The Kier molecular flexibility index (Phi) is 5.61. The lowest BCUT2D eigenvalue weighted by Gasteiger charge is -2.26. The maximum absolute atomic E-state index is 13.5. The molecule has 2 heterocycles. The summed E-state index contributed by atoms with van der Waals surface area (Å²) in [5, 5.41) is 0. The molecule has 1 fully saturated rings. The summed E-state index contributed by atoms with van der Waals surface area (Å²) >= 11 is 0. The summed E-state index contributed by atoms with van der Waals surface area (Å²) in [5.41, 5.74) is 4.88. The molecule has 0 amide bonds. The average Bonchev–Trinajstić information content (AvgIpc) is 3.13. The summed E-state index contributed by atoms with van der Waals surface area (Å²) in [6.07, 6.45) is 1.72. The van der Waals surface area contributed by atoms with E-state index in [9.17, 15) is 4.79 Å². The van der Waals surface area contributed by atoms with Crippen LogP contribution in [0.4, 0.5) is 0 Å². The van der Waals surface area contributed by atoms with E-state index in [2.05, 4.69) is 9.88 Å². The summed E-state index contributed by atoms with van der Waals surface area (Å²) in [4.78, 5) is 20.3. The molecule has 0 atom stereocenters. The van der Waals surface area contributed by atoms with Crippen molar-refractivity contribution < 1.29 is 14.3 Å². The van der Waals surface area contributed by atoms with Crippen molar-refractivity contribution in [2.75, 3.05) is 39.5 Å². The zero-order valence-electron chi connectivity index (χ0n) is 17.3. The molecule has 1 aliphatic heterocycles. The van der Waals surface area contributed by atoms with Gasteiger partial charge in [-0.1, -0.05) is 36.4 Å². The Morgan fingerprint density at radius 3 is 2.48 bits per heavy atom. The first kappa shape index (κ1) is 19.7. The van der Waals surface area contributed by atoms with Gasteiger partial charge in [-0.3, -0.25) is 14.7 Å². The van der Waals surface area contributed by atoms with Gasteiger partial charge < -0.3 is 9.47 Å². The summed E-state index contributed by atoms with van der Waals surface area (Å²) in [5.74, 6) is 0.709. The zero-order valence-corrected chi connectivity index (χ0v) is 17.3. The first-order valence-electron chi connectivity index (χ1n) is 10.6. The van der Waals surface area contributed by atoms with Gasteiger partial charge in [0.2, 0.25) is 0 Å². The third kappa shape index (κ3) is 4.02. The molecule has 156 valence electrons. The molecular formula is C26H24N2O3. The predicted octanol–water partition coefficient (Wildman–Crippen LogP) is 3.95. The van der Waals surface area contributed by atoms with Crippen LogP contribution in [0.3, 0.4) is 0 Å². The van der Waals surface area contributed by atoms with Gasteiger partial charge >= 0.3 is 0 Å². The maximum atomic E-state index is 13.5. The second-order valence-corrected chi connectivity index (χ2v) is 7.67. The molecule has 5 heteroatoms. The van der Waals surface area contributed by atoms with Gasteiger partial charge in [-0.15, -0.1) is 0 Å². The monoisotopic (exact) mass is 412 g/mol. The highest BCUT2D eigenvalue weighted by Crippen LogP contribution is 2.42. The van der Waals surface area contributed by atoms with Gasteiger partial charge in [0.05, 0.1) is 24.5 Å². The number of hydrogen-bond acceptors (Lipinski definition) is 5. The SMILES string of the molecule is O=C1C(c2ccccn2)=C(c2ccccc2)c2ccc(OCCN3CCOCC3)cc21. The van der Waals surface area contributed by atoms with Crippen LogP contribution in [0.25, 0.3) is 11.1 Å². The molecule has 0 radical (unpaired) electrons. The van der Waals surface area contributed by atoms with E-state index in [-0.39, 0.29) is 5.78 Å². The van der Waals surface area contributed by atoms with Crippen LogP contribution in [0.15, 0.2) is 72.9 Å². The molecular weight excluding hydrogens is 388 g/mol. The molecule has 0 saturated carbocycles. The Labute approximate surface area is 181 Å². The Balaban J connectivity index is 1.44. The second-order valence-electron chi connectivity index (χ2n) is 7.67. The van der Waals surface area contributed by atoms with Gasteiger partial charge in [-0.25, -0.2) is 0 Å². The first-order valence-corrected chi connectivity index (χ1v) is 10.6. The van der Waals surface area contributed by atoms with Crippen molar-refractivity contribution in [2.24, 2.45) is 0 Å². The Hall–Kier alpha value is -3.28. The molecule has 0 spiro atoms. The molecule has 1 aliphatic carbocycles. The highest BCUT2D eigenvalue weighted by Gasteiger charge is 2.32. The number of ether oxygens (including phenoxy) is 2. The quantitative estimate of drug-likeness (QED) is 0.614. The van der Waals surface area contributed by atoms with Gasteiger partial charge in [-0.05, 0) is 41.5 Å². The normalized spacial score (nSPS) is 16.5. The van der Waals surface area contributed by atoms with Gasteiger partial charge in [-0.2, -0.15) is 0 Å². The second kappa shape index (κ2) is 8.84. The van der Waals surface area contributed by atoms with Crippen molar-refractivity contribution in [2.45, 2.75) is 0 Å². The predicted molar refractivity (Wildman–Crippen MR) is 120 cm³/mol. The van der Waals surface area contributed by atoms with Crippen LogP contribution >= 0.6 is 0 Å². The molecule has 31 heavy (non-hydrogen) atoms. The number of morpholine rings is 1. The van der Waals surface area contributed by atoms with Crippen molar-refractivity contribution >= 4 is 16.9 Å². The summed E-state index contributed by atoms with van der Waals surface area (Å²) in [6.45, 7) is 4.85. The lowest BCUT2D eigenvalue weighted by molar-refractivity contribution is 0.0322. The van der Waals surface area contributed by atoms with E-state index in [0.29, 0.717) is 23.4 Å². The average molecular weight is 412 g/mol. The Morgan fingerprint density at radius 1 is 0.903 bits per heavy atom. The van der Waals surface area contributed by atoms with Crippen LogP contribution in [0, 0.1) is 0 Å². The summed E-state index contributed by atoms with van der Waals surface area (Å²) in [6, 6.07) is 21.5. The standard InChI is InChI=1S/C26H24N2O3/c29-26-22-18-20(31-17-14-28-12-15-30-16-13-28)9-10-21(22)24(19-6-2-1-3-7-19)25(26)23-8-4-5-11-27-23/h1-11,18H,12-17H2. The minimum atomic E-state index is -0.00816. The Morgan fingerprint density at radius 2 is 1.71 bits per heavy atom. The zero-order chi connectivity index (χ0) is 21.0. The molecule has 2 aromatic carbocycles. The highest BCUT2D eigenvalue weighted by atomic mass is 16.5. The third-order valence-corrected chi connectivity index (χ3v) is 5.75. The summed E-state index contributed by atoms with van der Waals surface area (Å²) in [7, 11) is 0. The lowest BCUT2D eigenvalue weighted by Crippen LogP contribution is -2.38. The fourth-order valence-corrected chi connectivity index (χ4v) is 4.18. The van der Waals surface area contributed by atoms with E-state index >= 15 is 0 Å². The number of carbonyl (C=O) groups excluding carboxylic acids is 1. The number of rotatable bonds is 6.